The van der Waals surface area contributed by atoms with Crippen molar-refractivity contribution in [1.82, 2.24) is 0 Å². The molecule has 19 heavy (non-hydrogen) atoms. The fourth-order valence-electron chi connectivity index (χ4n) is 2.77. The van der Waals surface area contributed by atoms with Crippen molar-refractivity contribution in [3.63, 3.8) is 0 Å². The Morgan fingerprint density at radius 3 is 2.84 bits per heavy atom. The molecule has 1 aromatic rings. The van der Waals surface area contributed by atoms with Crippen LogP contribution in [0, 0.1) is 0 Å². The first kappa shape index (κ1) is 14.9. The zero-order chi connectivity index (χ0) is 13.7. The minimum absolute atomic E-state index is 0.154. The molecule has 0 aromatic heterocycles. The molecule has 0 saturated carbocycles. The van der Waals surface area contributed by atoms with Gasteiger partial charge in [0.05, 0.1) is 0 Å². The van der Waals surface area contributed by atoms with E-state index in [0.29, 0.717) is 11.6 Å². The molecule has 0 bridgehead atoms. The van der Waals surface area contributed by atoms with Crippen LogP contribution in [0.15, 0.2) is 24.3 Å². The second-order valence-electron chi connectivity index (χ2n) is 5.48. The van der Waals surface area contributed by atoms with Crippen LogP contribution < -0.4 is 4.74 Å². The number of aliphatic hydroxyl groups is 1. The summed E-state index contributed by atoms with van der Waals surface area (Å²) in [5.74, 6) is 0.864. The van der Waals surface area contributed by atoms with E-state index in [2.05, 4.69) is 23.8 Å². The van der Waals surface area contributed by atoms with Crippen molar-refractivity contribution in [1.29, 1.82) is 0 Å². The molecule has 1 aliphatic rings. The second kappa shape index (κ2) is 6.81. The molecule has 2 unspecified atom stereocenters. The van der Waals surface area contributed by atoms with E-state index in [9.17, 15) is 5.11 Å². The Kier molecular flexibility index (Phi) is 5.35. The van der Waals surface area contributed by atoms with Crippen molar-refractivity contribution in [2.24, 2.45) is 0 Å². The standard InChI is InChI=1S/C16H23AsO2/c1-2-3-4-5-8-13-11-16(18,12-17)14-9-6-7-10-15(14)19-13/h6-7,9-10,13,18H,2-5,8,11-12H2,1H3. The Morgan fingerprint density at radius 1 is 1.32 bits per heavy atom. The fourth-order valence-corrected chi connectivity index (χ4v) is 3.40. The van der Waals surface area contributed by atoms with Crippen LogP contribution in [0.5, 0.6) is 5.75 Å². The topological polar surface area (TPSA) is 29.5 Å². The van der Waals surface area contributed by atoms with E-state index in [-0.39, 0.29) is 6.10 Å². The van der Waals surface area contributed by atoms with Gasteiger partial charge in [0.25, 0.3) is 0 Å². The number of para-hydroxylation sites is 1. The number of hydrogen-bond donors (Lipinski definition) is 1. The molecule has 2 atom stereocenters. The SMILES string of the molecule is CCCCCCC1CC(O)(C[As])c2ccccc2O1. The van der Waals surface area contributed by atoms with Crippen LogP contribution in [-0.4, -0.2) is 28.1 Å². The maximum atomic E-state index is 10.8. The number of rotatable bonds is 6. The molecule has 2 nitrogen and oxygen atoms in total. The first-order valence-corrected chi connectivity index (χ1v) is 8.61. The third-order valence-electron chi connectivity index (χ3n) is 3.89. The van der Waals surface area contributed by atoms with Crippen LogP contribution in [-0.2, 0) is 5.60 Å². The van der Waals surface area contributed by atoms with Gasteiger partial charge < -0.3 is 0 Å². The second-order valence-corrected chi connectivity index (χ2v) is 6.14. The van der Waals surface area contributed by atoms with Crippen LogP contribution in [0.25, 0.3) is 0 Å². The summed E-state index contributed by atoms with van der Waals surface area (Å²) in [5, 5.41) is 11.5. The van der Waals surface area contributed by atoms with Crippen molar-refractivity contribution in [3.05, 3.63) is 29.8 Å². The molecule has 2 rings (SSSR count). The molecule has 1 aromatic carbocycles. The summed E-state index contributed by atoms with van der Waals surface area (Å²) in [6.45, 7) is 2.22. The van der Waals surface area contributed by atoms with Crippen molar-refractivity contribution in [3.8, 4) is 5.75 Å². The minimum atomic E-state index is -0.732. The summed E-state index contributed by atoms with van der Waals surface area (Å²) in [6.07, 6.45) is 6.91. The summed E-state index contributed by atoms with van der Waals surface area (Å²) in [5.41, 5.74) is 0.213. The van der Waals surface area contributed by atoms with E-state index >= 15 is 0 Å². The van der Waals surface area contributed by atoms with Gasteiger partial charge in [-0.25, -0.2) is 0 Å². The molecule has 2 radical (unpaired) electrons. The van der Waals surface area contributed by atoms with E-state index in [0.717, 1.165) is 17.7 Å². The number of benzene rings is 1. The molecule has 1 heterocycles. The van der Waals surface area contributed by atoms with Crippen molar-refractivity contribution in [2.75, 3.05) is 0 Å². The van der Waals surface area contributed by atoms with E-state index < -0.39 is 5.60 Å². The average Bonchev–Trinajstić information content (AvgIpc) is 2.44. The Hall–Kier alpha value is -0.462. The molecule has 1 aliphatic heterocycles. The molecular formula is C16H23AsO2. The first-order chi connectivity index (χ1) is 9.19. The average molecular weight is 322 g/mol. The quantitative estimate of drug-likeness (QED) is 0.641. The normalized spacial score (nSPS) is 25.7. The van der Waals surface area contributed by atoms with Gasteiger partial charge >= 0.3 is 125 Å². The summed E-state index contributed by atoms with van der Waals surface area (Å²) in [4.78, 5) is 0. The van der Waals surface area contributed by atoms with Gasteiger partial charge in [-0.05, 0) is 0 Å². The van der Waals surface area contributed by atoms with Gasteiger partial charge in [0.2, 0.25) is 0 Å². The van der Waals surface area contributed by atoms with Crippen molar-refractivity contribution in [2.45, 2.75) is 62.4 Å². The fraction of sp³-hybridized carbons (Fsp3) is 0.625. The maximum absolute atomic E-state index is 10.8. The van der Waals surface area contributed by atoms with Crippen LogP contribution in [0.1, 0.15) is 51.0 Å². The Morgan fingerprint density at radius 2 is 2.11 bits per heavy atom. The van der Waals surface area contributed by atoms with Gasteiger partial charge in [-0.1, -0.05) is 0 Å². The van der Waals surface area contributed by atoms with Crippen LogP contribution in [0.3, 0.4) is 0 Å². The number of fused-ring (bicyclic) bond motifs is 1. The molecular weight excluding hydrogens is 299 g/mol. The first-order valence-electron chi connectivity index (χ1n) is 7.29. The van der Waals surface area contributed by atoms with Gasteiger partial charge in [0, 0.05) is 0 Å². The zero-order valence-corrected chi connectivity index (χ0v) is 13.5. The molecule has 104 valence electrons. The van der Waals surface area contributed by atoms with Crippen LogP contribution in [0.2, 0.25) is 5.21 Å². The van der Waals surface area contributed by atoms with Gasteiger partial charge in [-0.3, -0.25) is 0 Å². The predicted molar refractivity (Wildman–Crippen MR) is 78.7 cm³/mol. The molecule has 1 N–H and O–H groups in total. The van der Waals surface area contributed by atoms with Gasteiger partial charge in [0.1, 0.15) is 0 Å². The molecule has 0 aliphatic carbocycles. The summed E-state index contributed by atoms with van der Waals surface area (Å²) in [7, 11) is 0. The van der Waals surface area contributed by atoms with Crippen LogP contribution >= 0.6 is 0 Å². The summed E-state index contributed by atoms with van der Waals surface area (Å²) in [6, 6.07) is 7.90. The van der Waals surface area contributed by atoms with E-state index in [1.807, 2.05) is 24.3 Å². The van der Waals surface area contributed by atoms with Crippen molar-refractivity contribution >= 4 is 16.9 Å². The van der Waals surface area contributed by atoms with Crippen molar-refractivity contribution < 1.29 is 9.84 Å². The zero-order valence-electron chi connectivity index (χ0n) is 11.6. The van der Waals surface area contributed by atoms with E-state index in [1.165, 1.54) is 25.7 Å². The Labute approximate surface area is 125 Å². The number of hydrogen-bond acceptors (Lipinski definition) is 2. The van der Waals surface area contributed by atoms with E-state index in [1.54, 1.807) is 0 Å². The van der Waals surface area contributed by atoms with Gasteiger partial charge in [-0.2, -0.15) is 0 Å². The molecule has 0 spiro atoms. The Bertz CT molecular complexity index is 407. The number of ether oxygens (including phenoxy) is 1. The summed E-state index contributed by atoms with van der Waals surface area (Å²) >= 11 is 2.52. The molecule has 0 fully saturated rings. The molecule has 0 saturated heterocycles. The third kappa shape index (κ3) is 3.55. The molecule has 0 amide bonds. The van der Waals surface area contributed by atoms with Gasteiger partial charge in [-0.15, -0.1) is 0 Å². The number of unbranched alkanes of at least 4 members (excludes halogenated alkanes) is 3. The molecule has 3 heteroatoms. The summed E-state index contributed by atoms with van der Waals surface area (Å²) < 4.78 is 6.04. The van der Waals surface area contributed by atoms with E-state index in [4.69, 9.17) is 4.74 Å². The van der Waals surface area contributed by atoms with Crippen LogP contribution in [0.4, 0.5) is 0 Å². The Balaban J connectivity index is 2.04. The third-order valence-corrected chi connectivity index (χ3v) is 4.99. The predicted octanol–water partition coefficient (Wildman–Crippen LogP) is 3.58. The monoisotopic (exact) mass is 322 g/mol. The van der Waals surface area contributed by atoms with Gasteiger partial charge in [0.15, 0.2) is 0 Å².